The van der Waals surface area contributed by atoms with E-state index < -0.39 is 3.79 Å². The fourth-order valence-electron chi connectivity index (χ4n) is 2.45. The van der Waals surface area contributed by atoms with Gasteiger partial charge in [0.1, 0.15) is 6.10 Å². The van der Waals surface area contributed by atoms with Crippen molar-refractivity contribution in [3.63, 3.8) is 0 Å². The summed E-state index contributed by atoms with van der Waals surface area (Å²) < 4.78 is 9.48. The van der Waals surface area contributed by atoms with Crippen LogP contribution in [-0.4, -0.2) is 29.7 Å². The average Bonchev–Trinajstić information content (AvgIpc) is 3.22. The fraction of sp³-hybridized carbons (Fsp3) is 1.00. The highest BCUT2D eigenvalue weighted by Gasteiger charge is 2.31. The van der Waals surface area contributed by atoms with Gasteiger partial charge < -0.3 is 9.47 Å². The fourth-order valence-corrected chi connectivity index (χ4v) is 3.11. The summed E-state index contributed by atoms with van der Waals surface area (Å²) in [7, 11) is 0. The number of epoxide rings is 1. The standard InChI is InChI=1S/C16H29Cl3O2/c1-2-3-4-5-6-7-9-14(16(17,18)19)10-8-11-20-12-15-13-21-15/h14-15H,2-13H2,1H3. The van der Waals surface area contributed by atoms with Crippen LogP contribution in [0.25, 0.3) is 0 Å². The van der Waals surface area contributed by atoms with Crippen molar-refractivity contribution in [2.75, 3.05) is 19.8 Å². The van der Waals surface area contributed by atoms with Gasteiger partial charge in [-0.25, -0.2) is 0 Å². The van der Waals surface area contributed by atoms with Crippen LogP contribution in [0.1, 0.15) is 64.7 Å². The molecule has 2 unspecified atom stereocenters. The third kappa shape index (κ3) is 11.0. The molecule has 1 aliphatic rings. The first-order chi connectivity index (χ1) is 10.0. The summed E-state index contributed by atoms with van der Waals surface area (Å²) in [5.41, 5.74) is 0. The van der Waals surface area contributed by atoms with Crippen molar-refractivity contribution in [3.05, 3.63) is 0 Å². The highest BCUT2D eigenvalue weighted by atomic mass is 35.6. The Morgan fingerprint density at radius 2 is 1.67 bits per heavy atom. The first kappa shape index (κ1) is 19.8. The number of halogens is 3. The first-order valence-corrected chi connectivity index (χ1v) is 9.43. The summed E-state index contributed by atoms with van der Waals surface area (Å²) in [6.07, 6.45) is 10.8. The van der Waals surface area contributed by atoms with Crippen LogP contribution in [0.4, 0.5) is 0 Å². The van der Waals surface area contributed by atoms with Gasteiger partial charge in [-0.05, 0) is 19.3 Å². The molecule has 0 aromatic carbocycles. The second kappa shape index (κ2) is 11.3. The van der Waals surface area contributed by atoms with Crippen LogP contribution in [0.3, 0.4) is 0 Å². The molecule has 2 nitrogen and oxygen atoms in total. The number of rotatable bonds is 13. The maximum atomic E-state index is 6.11. The molecule has 21 heavy (non-hydrogen) atoms. The Kier molecular flexibility index (Phi) is 10.7. The zero-order valence-corrected chi connectivity index (χ0v) is 15.4. The van der Waals surface area contributed by atoms with E-state index in [1.165, 1.54) is 32.1 Å². The van der Waals surface area contributed by atoms with Gasteiger partial charge in [0.05, 0.1) is 13.2 Å². The third-order valence-corrected chi connectivity index (χ3v) is 4.84. The molecule has 0 saturated carbocycles. The van der Waals surface area contributed by atoms with E-state index in [-0.39, 0.29) is 5.92 Å². The molecule has 1 heterocycles. The van der Waals surface area contributed by atoms with E-state index in [0.717, 1.165) is 38.9 Å². The molecule has 1 rings (SSSR count). The minimum absolute atomic E-state index is 0.134. The van der Waals surface area contributed by atoms with E-state index >= 15 is 0 Å². The highest BCUT2D eigenvalue weighted by Crippen LogP contribution is 2.40. The van der Waals surface area contributed by atoms with Crippen molar-refractivity contribution in [3.8, 4) is 0 Å². The molecular formula is C16H29Cl3O2. The largest absolute Gasteiger partial charge is 0.379 e. The van der Waals surface area contributed by atoms with Gasteiger partial charge in [0.2, 0.25) is 0 Å². The van der Waals surface area contributed by atoms with E-state index in [1.54, 1.807) is 0 Å². The molecule has 1 saturated heterocycles. The Labute approximate surface area is 144 Å². The maximum absolute atomic E-state index is 6.11. The average molecular weight is 360 g/mol. The Balaban J connectivity index is 2.06. The van der Waals surface area contributed by atoms with Crippen LogP contribution >= 0.6 is 34.8 Å². The molecule has 1 aliphatic heterocycles. The predicted octanol–water partition coefficient (Wildman–Crippen LogP) is 5.92. The summed E-state index contributed by atoms with van der Waals surface area (Å²) in [5, 5.41) is 0. The topological polar surface area (TPSA) is 21.8 Å². The van der Waals surface area contributed by atoms with Crippen molar-refractivity contribution in [1.29, 1.82) is 0 Å². The molecule has 2 atom stereocenters. The summed E-state index contributed by atoms with van der Waals surface area (Å²) in [4.78, 5) is 0. The van der Waals surface area contributed by atoms with Crippen LogP contribution in [0.5, 0.6) is 0 Å². The lowest BCUT2D eigenvalue weighted by atomic mass is 9.97. The SMILES string of the molecule is CCCCCCCCC(CCCOCC1CO1)C(Cl)(Cl)Cl. The van der Waals surface area contributed by atoms with Gasteiger partial charge in [-0.15, -0.1) is 0 Å². The Morgan fingerprint density at radius 1 is 1.05 bits per heavy atom. The molecule has 0 spiro atoms. The number of hydrogen-bond acceptors (Lipinski definition) is 2. The first-order valence-electron chi connectivity index (χ1n) is 8.30. The number of unbranched alkanes of at least 4 members (excludes halogenated alkanes) is 5. The highest BCUT2D eigenvalue weighted by molar-refractivity contribution is 6.67. The summed E-state index contributed by atoms with van der Waals surface area (Å²) >= 11 is 18.3. The molecule has 0 radical (unpaired) electrons. The molecule has 0 aliphatic carbocycles. The normalized spacial score (nSPS) is 19.7. The quantitative estimate of drug-likeness (QED) is 0.231. The van der Waals surface area contributed by atoms with Crippen molar-refractivity contribution in [2.24, 2.45) is 5.92 Å². The molecule has 0 N–H and O–H groups in total. The Bertz CT molecular complexity index is 252. The molecule has 1 fully saturated rings. The number of ether oxygens (including phenoxy) is 2. The molecule has 5 heteroatoms. The van der Waals surface area contributed by atoms with Crippen LogP contribution in [0, 0.1) is 5.92 Å². The van der Waals surface area contributed by atoms with Gasteiger partial charge in [0, 0.05) is 12.5 Å². The van der Waals surface area contributed by atoms with Gasteiger partial charge >= 0.3 is 0 Å². The second-order valence-corrected chi connectivity index (χ2v) is 8.34. The van der Waals surface area contributed by atoms with Gasteiger partial charge in [0.15, 0.2) is 3.79 Å². The van der Waals surface area contributed by atoms with Gasteiger partial charge in [-0.1, -0.05) is 80.3 Å². The van der Waals surface area contributed by atoms with Crippen molar-refractivity contribution >= 4 is 34.8 Å². The number of alkyl halides is 3. The van der Waals surface area contributed by atoms with E-state index in [9.17, 15) is 0 Å². The Hall–Kier alpha value is 0.790. The lowest BCUT2D eigenvalue weighted by molar-refractivity contribution is 0.110. The van der Waals surface area contributed by atoms with E-state index in [4.69, 9.17) is 44.3 Å². The molecular weight excluding hydrogens is 331 g/mol. The summed E-state index contributed by atoms with van der Waals surface area (Å²) in [6, 6.07) is 0. The minimum atomic E-state index is -1.15. The minimum Gasteiger partial charge on any atom is -0.379 e. The van der Waals surface area contributed by atoms with Crippen molar-refractivity contribution < 1.29 is 9.47 Å². The summed E-state index contributed by atoms with van der Waals surface area (Å²) in [5.74, 6) is 0.134. The Morgan fingerprint density at radius 3 is 2.29 bits per heavy atom. The number of hydrogen-bond donors (Lipinski definition) is 0. The van der Waals surface area contributed by atoms with E-state index in [0.29, 0.717) is 12.7 Å². The zero-order chi connectivity index (χ0) is 15.6. The van der Waals surface area contributed by atoms with Crippen LogP contribution in [-0.2, 0) is 9.47 Å². The third-order valence-electron chi connectivity index (χ3n) is 3.92. The maximum Gasteiger partial charge on any atom is 0.193 e. The summed E-state index contributed by atoms with van der Waals surface area (Å²) in [6.45, 7) is 4.51. The van der Waals surface area contributed by atoms with Crippen LogP contribution in [0.15, 0.2) is 0 Å². The van der Waals surface area contributed by atoms with Crippen molar-refractivity contribution in [2.45, 2.75) is 74.6 Å². The molecule has 0 aromatic rings. The second-order valence-electron chi connectivity index (χ2n) is 5.97. The van der Waals surface area contributed by atoms with Crippen LogP contribution in [0.2, 0.25) is 0 Å². The van der Waals surface area contributed by atoms with Crippen LogP contribution < -0.4 is 0 Å². The van der Waals surface area contributed by atoms with E-state index in [1.807, 2.05) is 0 Å². The van der Waals surface area contributed by atoms with Gasteiger partial charge in [-0.3, -0.25) is 0 Å². The lowest BCUT2D eigenvalue weighted by Crippen LogP contribution is -2.20. The molecule has 0 amide bonds. The van der Waals surface area contributed by atoms with Gasteiger partial charge in [0.25, 0.3) is 0 Å². The monoisotopic (exact) mass is 358 g/mol. The van der Waals surface area contributed by atoms with E-state index in [2.05, 4.69) is 6.92 Å². The molecule has 0 aromatic heterocycles. The molecule has 0 bridgehead atoms. The van der Waals surface area contributed by atoms with Crippen molar-refractivity contribution in [1.82, 2.24) is 0 Å². The lowest BCUT2D eigenvalue weighted by Gasteiger charge is -2.24. The van der Waals surface area contributed by atoms with Gasteiger partial charge in [-0.2, -0.15) is 0 Å². The zero-order valence-electron chi connectivity index (χ0n) is 13.1. The predicted molar refractivity (Wildman–Crippen MR) is 91.6 cm³/mol. The smallest absolute Gasteiger partial charge is 0.193 e. The molecule has 126 valence electrons.